The quantitative estimate of drug-likeness (QED) is 0.659. The van der Waals surface area contributed by atoms with Gasteiger partial charge in [-0.05, 0) is 19.6 Å². The molecule has 80 valence electrons. The van der Waals surface area contributed by atoms with Crippen molar-refractivity contribution in [1.29, 1.82) is 0 Å². The third kappa shape index (κ3) is 2.82. The van der Waals surface area contributed by atoms with Crippen LogP contribution in [-0.4, -0.2) is 27.2 Å². The number of nitrogens with zero attached hydrogens (tertiary/aromatic N) is 2. The molecule has 1 heterocycles. The van der Waals surface area contributed by atoms with Crippen LogP contribution in [-0.2, 0) is 0 Å². The molecule has 4 heteroatoms. The van der Waals surface area contributed by atoms with Crippen LogP contribution in [0.4, 0.5) is 0 Å². The van der Waals surface area contributed by atoms with Crippen molar-refractivity contribution in [2.24, 2.45) is 5.10 Å². The molecule has 0 fully saturated rings. The molecule has 14 heavy (non-hydrogen) atoms. The first kappa shape index (κ1) is 11.7. The average molecular weight is 226 g/mol. The van der Waals surface area contributed by atoms with E-state index >= 15 is 0 Å². The molecule has 0 aromatic heterocycles. The predicted octanol–water partition coefficient (Wildman–Crippen LogP) is 3.34. The Labute approximate surface area is 89.8 Å². The van der Waals surface area contributed by atoms with Crippen LogP contribution in [0.25, 0.3) is 0 Å². The normalized spacial score (nSPS) is 23.0. The maximum Gasteiger partial charge on any atom is 0.175 e. The van der Waals surface area contributed by atoms with Gasteiger partial charge in [0.05, 0.1) is 8.07 Å². The molecule has 1 aliphatic rings. The zero-order chi connectivity index (χ0) is 11.0. The van der Waals surface area contributed by atoms with Crippen LogP contribution >= 0.6 is 0 Å². The maximum atomic E-state index is 4.57. The smallest absolute Gasteiger partial charge is 0.175 e. The maximum absolute atomic E-state index is 4.57. The van der Waals surface area contributed by atoms with E-state index in [0.29, 0.717) is 5.54 Å². The van der Waals surface area contributed by atoms with E-state index in [9.17, 15) is 0 Å². The highest BCUT2D eigenvalue weighted by atomic mass is 28.3. The lowest BCUT2D eigenvalue weighted by Crippen LogP contribution is -2.41. The van der Waals surface area contributed by atoms with Gasteiger partial charge in [0.25, 0.3) is 0 Å². The lowest BCUT2D eigenvalue weighted by molar-refractivity contribution is 0.598. The molecule has 0 aromatic carbocycles. The minimum atomic E-state index is -1.28. The van der Waals surface area contributed by atoms with Gasteiger partial charge in [0, 0.05) is 18.0 Å². The van der Waals surface area contributed by atoms with E-state index in [1.807, 2.05) is 0 Å². The Morgan fingerprint density at radius 3 is 1.93 bits per heavy atom. The van der Waals surface area contributed by atoms with Crippen molar-refractivity contribution >= 4 is 22.5 Å². The molecule has 0 saturated carbocycles. The number of hydrogen-bond acceptors (Lipinski definition) is 2. The van der Waals surface area contributed by atoms with E-state index in [2.05, 4.69) is 67.5 Å². The number of hydrazone groups is 1. The zero-order valence-corrected chi connectivity index (χ0v) is 12.2. The lowest BCUT2D eigenvalue weighted by atomic mass is 10.4. The van der Waals surface area contributed by atoms with Gasteiger partial charge in [-0.25, -0.2) is 0 Å². The molecule has 1 atom stereocenters. The summed E-state index contributed by atoms with van der Waals surface area (Å²) in [5.41, 5.74) is 0.607. The Bertz CT molecular complexity index is 218. The van der Waals surface area contributed by atoms with Crippen molar-refractivity contribution in [1.82, 2.24) is 4.67 Å². The lowest BCUT2D eigenvalue weighted by Gasteiger charge is -2.33. The Kier molecular flexibility index (Phi) is 3.06. The Balaban J connectivity index is 2.72. The summed E-state index contributed by atoms with van der Waals surface area (Å²) in [7, 11) is -2.37. The number of allylic oxidation sites excluding steroid dienone is 1. The summed E-state index contributed by atoms with van der Waals surface area (Å²) >= 11 is 0. The van der Waals surface area contributed by atoms with E-state index in [1.165, 1.54) is 0 Å². The molecule has 0 aromatic rings. The van der Waals surface area contributed by atoms with E-state index in [1.54, 1.807) is 0 Å². The number of rotatable bonds is 2. The second kappa shape index (κ2) is 3.66. The van der Waals surface area contributed by atoms with Gasteiger partial charge in [0.1, 0.15) is 0 Å². The fourth-order valence-corrected chi connectivity index (χ4v) is 3.44. The minimum absolute atomic E-state index is 0.607. The second-order valence-electron chi connectivity index (χ2n) is 6.01. The fraction of sp³-hybridized carbons (Fsp3) is 0.700. The zero-order valence-electron chi connectivity index (χ0n) is 10.2. The fourth-order valence-electron chi connectivity index (χ4n) is 1.32. The van der Waals surface area contributed by atoms with E-state index in [-0.39, 0.29) is 0 Å². The van der Waals surface area contributed by atoms with Crippen LogP contribution in [0.1, 0.15) is 0 Å². The van der Waals surface area contributed by atoms with E-state index < -0.39 is 16.3 Å². The Morgan fingerprint density at radius 1 is 1.07 bits per heavy atom. The van der Waals surface area contributed by atoms with Gasteiger partial charge in [-0.15, -0.1) is 0 Å². The molecule has 1 unspecified atom stereocenters. The minimum Gasteiger partial charge on any atom is -0.303 e. The summed E-state index contributed by atoms with van der Waals surface area (Å²) < 4.78 is 2.17. The van der Waals surface area contributed by atoms with Crippen LogP contribution in [0.15, 0.2) is 17.4 Å². The molecule has 0 amide bonds. The number of hydrogen-bond donors (Lipinski definition) is 0. The van der Waals surface area contributed by atoms with E-state index in [4.69, 9.17) is 0 Å². The van der Waals surface area contributed by atoms with Crippen molar-refractivity contribution in [3.05, 3.63) is 12.3 Å². The molecule has 0 aliphatic carbocycles. The molecule has 0 spiro atoms. The second-order valence-corrected chi connectivity index (χ2v) is 16.2. The van der Waals surface area contributed by atoms with Gasteiger partial charge in [0.2, 0.25) is 0 Å². The summed E-state index contributed by atoms with van der Waals surface area (Å²) in [6.07, 6.45) is 6.66. The Morgan fingerprint density at radius 2 is 1.64 bits per heavy atom. The topological polar surface area (TPSA) is 15.6 Å². The first-order valence-electron chi connectivity index (χ1n) is 5.23. The van der Waals surface area contributed by atoms with Crippen molar-refractivity contribution in [2.75, 3.05) is 0 Å². The molecule has 1 rings (SSSR count). The van der Waals surface area contributed by atoms with Crippen LogP contribution in [0.2, 0.25) is 44.8 Å². The third-order valence-corrected chi connectivity index (χ3v) is 6.45. The highest BCUT2D eigenvalue weighted by Crippen LogP contribution is 2.25. The van der Waals surface area contributed by atoms with Gasteiger partial charge in [-0.2, -0.15) is 5.10 Å². The molecular weight excluding hydrogens is 204 g/mol. The van der Waals surface area contributed by atoms with Gasteiger partial charge in [-0.3, -0.25) is 0 Å². The van der Waals surface area contributed by atoms with Crippen molar-refractivity contribution in [3.63, 3.8) is 0 Å². The first-order chi connectivity index (χ1) is 6.21. The average Bonchev–Trinajstić information content (AvgIpc) is 2.01. The van der Waals surface area contributed by atoms with Crippen LogP contribution in [0.5, 0.6) is 0 Å². The molecular formula is C10H22N2Si2. The van der Waals surface area contributed by atoms with Crippen LogP contribution in [0.3, 0.4) is 0 Å². The highest BCUT2D eigenvalue weighted by Gasteiger charge is 2.28. The van der Waals surface area contributed by atoms with Crippen molar-refractivity contribution < 1.29 is 0 Å². The molecule has 1 aliphatic heterocycles. The van der Waals surface area contributed by atoms with Crippen molar-refractivity contribution in [2.45, 2.75) is 44.8 Å². The summed E-state index contributed by atoms with van der Waals surface area (Å²) in [6, 6.07) is 0. The van der Waals surface area contributed by atoms with E-state index in [0.717, 1.165) is 0 Å². The van der Waals surface area contributed by atoms with Crippen LogP contribution < -0.4 is 0 Å². The summed E-state index contributed by atoms with van der Waals surface area (Å²) in [6.45, 7) is 14.1. The van der Waals surface area contributed by atoms with Crippen LogP contribution in [0, 0.1) is 0 Å². The molecule has 0 N–H and O–H groups in total. The first-order valence-corrected chi connectivity index (χ1v) is 12.3. The molecule has 0 radical (unpaired) electrons. The summed E-state index contributed by atoms with van der Waals surface area (Å²) in [4.78, 5) is 0. The highest BCUT2D eigenvalue weighted by molar-refractivity contribution is 6.80. The largest absolute Gasteiger partial charge is 0.303 e. The summed E-state index contributed by atoms with van der Waals surface area (Å²) in [5.74, 6) is 0. The summed E-state index contributed by atoms with van der Waals surface area (Å²) in [5, 5.41) is 4.57. The third-order valence-electron chi connectivity index (χ3n) is 2.47. The Hall–Kier alpha value is -0.356. The molecule has 0 bridgehead atoms. The molecule has 0 saturated heterocycles. The van der Waals surface area contributed by atoms with Gasteiger partial charge in [0.15, 0.2) is 8.24 Å². The van der Waals surface area contributed by atoms with Gasteiger partial charge >= 0.3 is 0 Å². The standard InChI is InChI=1S/C10H22N2Si2/c1-13(2,3)10-7-8-12(11-9-10)14(4,5)6/h7-10H,1-6H3. The van der Waals surface area contributed by atoms with Gasteiger partial charge in [-0.1, -0.05) is 25.7 Å². The van der Waals surface area contributed by atoms with Crippen molar-refractivity contribution in [3.8, 4) is 0 Å². The van der Waals surface area contributed by atoms with Gasteiger partial charge < -0.3 is 4.67 Å². The SMILES string of the molecule is C[Si](C)(C)C1C=CN([Si](C)(C)C)N=C1. The predicted molar refractivity (Wildman–Crippen MR) is 69.9 cm³/mol. The monoisotopic (exact) mass is 226 g/mol. The molecule has 2 nitrogen and oxygen atoms in total.